The van der Waals surface area contributed by atoms with Gasteiger partial charge in [0.1, 0.15) is 11.3 Å². The first kappa shape index (κ1) is 20.0. The molecule has 2 aliphatic rings. The van der Waals surface area contributed by atoms with E-state index in [0.29, 0.717) is 38.6 Å². The Hall–Kier alpha value is -1.34. The lowest BCUT2D eigenvalue weighted by molar-refractivity contribution is -0.124. The molecule has 1 amide bonds. The van der Waals surface area contributed by atoms with Gasteiger partial charge in [0.15, 0.2) is 0 Å². The molecule has 3 N–H and O–H groups in total. The van der Waals surface area contributed by atoms with Gasteiger partial charge in [-0.15, -0.1) is 12.4 Å². The molecule has 0 radical (unpaired) electrons. The van der Waals surface area contributed by atoms with Gasteiger partial charge in [-0.25, -0.2) is 0 Å². The van der Waals surface area contributed by atoms with E-state index in [2.05, 4.69) is 5.32 Å². The van der Waals surface area contributed by atoms with E-state index in [9.17, 15) is 4.79 Å². The molecule has 25 heavy (non-hydrogen) atoms. The van der Waals surface area contributed by atoms with E-state index in [1.807, 2.05) is 24.3 Å². The number of rotatable bonds is 5. The van der Waals surface area contributed by atoms with E-state index < -0.39 is 5.54 Å². The lowest BCUT2D eigenvalue weighted by atomic mass is 9.90. The van der Waals surface area contributed by atoms with E-state index in [4.69, 9.17) is 19.9 Å². The molecule has 140 valence electrons. The number of carbonyl (C=O) groups excluding carboxylic acids is 1. The van der Waals surface area contributed by atoms with Gasteiger partial charge in [0.05, 0.1) is 6.61 Å². The predicted octanol–water partition coefficient (Wildman–Crippen LogP) is 2.36. The highest BCUT2D eigenvalue weighted by molar-refractivity contribution is 5.98. The highest BCUT2D eigenvalue weighted by Crippen LogP contribution is 2.22. The molecule has 0 saturated carbocycles. The number of carbonyl (C=O) groups is 1. The molecule has 0 bridgehead atoms. The monoisotopic (exact) mass is 370 g/mol. The van der Waals surface area contributed by atoms with Crippen LogP contribution in [0.25, 0.3) is 0 Å². The highest BCUT2D eigenvalue weighted by atomic mass is 35.5. The summed E-state index contributed by atoms with van der Waals surface area (Å²) >= 11 is 0. The second kappa shape index (κ2) is 9.38. The molecule has 0 spiro atoms. The SMILES string of the molecule is Cl.NC1(C(=O)Nc2ccc(OCC3CCOCC3)cc2)CCOCC1. The summed E-state index contributed by atoms with van der Waals surface area (Å²) in [6.07, 6.45) is 3.20. The number of hydrogen-bond acceptors (Lipinski definition) is 5. The summed E-state index contributed by atoms with van der Waals surface area (Å²) in [5, 5.41) is 2.89. The second-order valence-electron chi connectivity index (χ2n) is 6.61. The Kier molecular flexibility index (Phi) is 7.50. The van der Waals surface area contributed by atoms with E-state index >= 15 is 0 Å². The van der Waals surface area contributed by atoms with Gasteiger partial charge >= 0.3 is 0 Å². The minimum Gasteiger partial charge on any atom is -0.493 e. The van der Waals surface area contributed by atoms with Gasteiger partial charge in [0, 0.05) is 32.1 Å². The summed E-state index contributed by atoms with van der Waals surface area (Å²) in [7, 11) is 0. The minimum atomic E-state index is -0.837. The summed E-state index contributed by atoms with van der Waals surface area (Å²) < 4.78 is 16.5. The quantitative estimate of drug-likeness (QED) is 0.831. The Morgan fingerprint density at radius 3 is 2.36 bits per heavy atom. The number of nitrogens with two attached hydrogens (primary N) is 1. The first-order valence-electron chi connectivity index (χ1n) is 8.64. The molecule has 2 fully saturated rings. The average molecular weight is 371 g/mol. The Morgan fingerprint density at radius 1 is 1.12 bits per heavy atom. The van der Waals surface area contributed by atoms with Crippen LogP contribution < -0.4 is 15.8 Å². The van der Waals surface area contributed by atoms with Gasteiger partial charge in [0.2, 0.25) is 5.91 Å². The van der Waals surface area contributed by atoms with E-state index in [0.717, 1.165) is 37.5 Å². The number of nitrogens with one attached hydrogen (secondary N) is 1. The third kappa shape index (κ3) is 5.57. The van der Waals surface area contributed by atoms with Crippen molar-refractivity contribution in [3.63, 3.8) is 0 Å². The van der Waals surface area contributed by atoms with Crippen LogP contribution in [0.4, 0.5) is 5.69 Å². The maximum atomic E-state index is 12.4. The molecule has 1 aromatic rings. The molecule has 2 saturated heterocycles. The molecular formula is C18H27ClN2O4. The highest BCUT2D eigenvalue weighted by Gasteiger charge is 2.35. The topological polar surface area (TPSA) is 82.8 Å². The van der Waals surface area contributed by atoms with Crippen LogP contribution in [0.5, 0.6) is 5.75 Å². The van der Waals surface area contributed by atoms with Gasteiger partial charge < -0.3 is 25.3 Å². The van der Waals surface area contributed by atoms with E-state index in [1.165, 1.54) is 0 Å². The number of benzene rings is 1. The summed E-state index contributed by atoms with van der Waals surface area (Å²) in [6.45, 7) is 3.42. The van der Waals surface area contributed by atoms with Gasteiger partial charge in [-0.2, -0.15) is 0 Å². The van der Waals surface area contributed by atoms with Crippen LogP contribution in [0.3, 0.4) is 0 Å². The fraction of sp³-hybridized carbons (Fsp3) is 0.611. The van der Waals surface area contributed by atoms with Gasteiger partial charge in [-0.05, 0) is 55.9 Å². The minimum absolute atomic E-state index is 0. The van der Waals surface area contributed by atoms with Crippen molar-refractivity contribution < 1.29 is 19.0 Å². The second-order valence-corrected chi connectivity index (χ2v) is 6.61. The van der Waals surface area contributed by atoms with Crippen LogP contribution in [0.15, 0.2) is 24.3 Å². The van der Waals surface area contributed by atoms with Crippen LogP contribution in [0.1, 0.15) is 25.7 Å². The summed E-state index contributed by atoms with van der Waals surface area (Å²) in [5.41, 5.74) is 6.08. The predicted molar refractivity (Wildman–Crippen MR) is 98.3 cm³/mol. The average Bonchev–Trinajstić information content (AvgIpc) is 2.62. The molecular weight excluding hydrogens is 344 g/mol. The van der Waals surface area contributed by atoms with Crippen molar-refractivity contribution >= 4 is 24.0 Å². The van der Waals surface area contributed by atoms with Gasteiger partial charge in [-0.1, -0.05) is 0 Å². The van der Waals surface area contributed by atoms with Crippen LogP contribution in [-0.2, 0) is 14.3 Å². The molecule has 0 atom stereocenters. The van der Waals surface area contributed by atoms with Crippen molar-refractivity contribution in [2.75, 3.05) is 38.4 Å². The number of hydrogen-bond donors (Lipinski definition) is 2. The first-order chi connectivity index (χ1) is 11.7. The lowest BCUT2D eigenvalue weighted by Gasteiger charge is -2.31. The fourth-order valence-electron chi connectivity index (χ4n) is 2.98. The van der Waals surface area contributed by atoms with Crippen LogP contribution in [0.2, 0.25) is 0 Å². The maximum Gasteiger partial charge on any atom is 0.244 e. The van der Waals surface area contributed by atoms with Crippen LogP contribution in [0, 0.1) is 5.92 Å². The molecule has 3 rings (SSSR count). The van der Waals surface area contributed by atoms with E-state index in [1.54, 1.807) is 0 Å². The van der Waals surface area contributed by atoms with Crippen LogP contribution >= 0.6 is 12.4 Å². The number of anilines is 1. The maximum absolute atomic E-state index is 12.4. The molecule has 7 heteroatoms. The Labute approximate surface area is 154 Å². The van der Waals surface area contributed by atoms with Crippen molar-refractivity contribution in [1.82, 2.24) is 0 Å². The number of halogens is 1. The van der Waals surface area contributed by atoms with Crippen molar-refractivity contribution in [3.8, 4) is 5.75 Å². The third-order valence-corrected chi connectivity index (χ3v) is 4.78. The zero-order valence-electron chi connectivity index (χ0n) is 14.4. The fourth-order valence-corrected chi connectivity index (χ4v) is 2.98. The van der Waals surface area contributed by atoms with Gasteiger partial charge in [0.25, 0.3) is 0 Å². The van der Waals surface area contributed by atoms with E-state index in [-0.39, 0.29) is 18.3 Å². The third-order valence-electron chi connectivity index (χ3n) is 4.78. The molecule has 0 aromatic heterocycles. The Balaban J connectivity index is 0.00000225. The summed E-state index contributed by atoms with van der Waals surface area (Å²) in [5.74, 6) is 1.22. The largest absolute Gasteiger partial charge is 0.493 e. The molecule has 2 aliphatic heterocycles. The first-order valence-corrected chi connectivity index (χ1v) is 8.64. The van der Waals surface area contributed by atoms with Gasteiger partial charge in [-0.3, -0.25) is 4.79 Å². The van der Waals surface area contributed by atoms with Crippen molar-refractivity contribution in [2.45, 2.75) is 31.2 Å². The molecule has 1 aromatic carbocycles. The Morgan fingerprint density at radius 2 is 1.72 bits per heavy atom. The molecule has 6 nitrogen and oxygen atoms in total. The zero-order valence-corrected chi connectivity index (χ0v) is 15.2. The zero-order chi connectivity index (χ0) is 16.8. The van der Waals surface area contributed by atoms with Crippen molar-refractivity contribution in [3.05, 3.63) is 24.3 Å². The van der Waals surface area contributed by atoms with Crippen molar-refractivity contribution in [1.29, 1.82) is 0 Å². The standard InChI is InChI=1S/C18H26N2O4.ClH/c19-18(7-11-23-12-8-18)17(21)20-15-1-3-16(4-2-15)24-13-14-5-9-22-10-6-14;/h1-4,14H,5-13,19H2,(H,20,21);1H. The normalized spacial score (nSPS) is 20.4. The lowest BCUT2D eigenvalue weighted by Crippen LogP contribution is -2.54. The smallest absolute Gasteiger partial charge is 0.244 e. The summed E-state index contributed by atoms with van der Waals surface area (Å²) in [6, 6.07) is 7.45. The number of ether oxygens (including phenoxy) is 3. The van der Waals surface area contributed by atoms with Crippen molar-refractivity contribution in [2.24, 2.45) is 11.7 Å². The van der Waals surface area contributed by atoms with Crippen LogP contribution in [-0.4, -0.2) is 44.5 Å². The number of amides is 1. The summed E-state index contributed by atoms with van der Waals surface area (Å²) in [4.78, 5) is 12.4. The molecule has 0 aliphatic carbocycles. The molecule has 0 unspecified atom stereocenters. The molecule has 2 heterocycles. The Bertz CT molecular complexity index is 541.